The van der Waals surface area contributed by atoms with Crippen molar-refractivity contribution in [3.63, 3.8) is 0 Å². The molecule has 0 aromatic heterocycles. The van der Waals surface area contributed by atoms with Gasteiger partial charge in [-0.3, -0.25) is 4.79 Å². The van der Waals surface area contributed by atoms with Crippen LogP contribution in [-0.4, -0.2) is 29.8 Å². The van der Waals surface area contributed by atoms with Crippen molar-refractivity contribution in [2.24, 2.45) is 0 Å². The Morgan fingerprint density at radius 2 is 2.06 bits per heavy atom. The Kier molecular flexibility index (Phi) is 5.36. The van der Waals surface area contributed by atoms with Crippen molar-refractivity contribution in [1.29, 1.82) is 0 Å². The Labute approximate surface area is 115 Å². The van der Waals surface area contributed by atoms with Gasteiger partial charge in [0.05, 0.1) is 0 Å². The largest absolute Gasteiger partial charge is 0.301 e. The maximum absolute atomic E-state index is 12.0. The number of carbonyl (C=O) groups excluding carboxylic acids is 1. The first-order valence-corrected chi connectivity index (χ1v) is 6.74. The molecule has 0 amide bonds. The maximum Gasteiger partial charge on any atom is 0.164 e. The summed E-state index contributed by atoms with van der Waals surface area (Å²) in [5, 5.41) is 0.614. The third-order valence-corrected chi connectivity index (χ3v) is 3.95. The second-order valence-corrected chi connectivity index (χ2v) is 5.71. The van der Waals surface area contributed by atoms with Gasteiger partial charge in [0.2, 0.25) is 0 Å². The zero-order valence-electron chi connectivity index (χ0n) is 11.7. The van der Waals surface area contributed by atoms with E-state index in [1.807, 2.05) is 12.1 Å². The van der Waals surface area contributed by atoms with Crippen molar-refractivity contribution in [3.05, 3.63) is 34.9 Å². The summed E-state index contributed by atoms with van der Waals surface area (Å²) in [6.07, 6.45) is 1.59. The Hall–Kier alpha value is -0.860. The molecule has 2 nitrogen and oxygen atoms in total. The Bertz CT molecular complexity index is 415. The molecular weight excluding hydrogens is 246 g/mol. The molecule has 0 radical (unpaired) electrons. The van der Waals surface area contributed by atoms with E-state index in [4.69, 9.17) is 11.6 Å². The third-order valence-electron chi connectivity index (χ3n) is 3.72. The van der Waals surface area contributed by atoms with Gasteiger partial charge in [-0.25, -0.2) is 0 Å². The fraction of sp³-hybridized carbons (Fsp3) is 0.533. The van der Waals surface area contributed by atoms with Crippen LogP contribution in [0.4, 0.5) is 0 Å². The number of hydrogen-bond donors (Lipinski definition) is 0. The van der Waals surface area contributed by atoms with Gasteiger partial charge in [-0.2, -0.15) is 0 Å². The molecule has 3 heteroatoms. The van der Waals surface area contributed by atoms with Crippen LogP contribution >= 0.6 is 11.6 Å². The molecule has 0 aliphatic rings. The Morgan fingerprint density at radius 1 is 1.39 bits per heavy atom. The molecule has 1 rings (SSSR count). The van der Waals surface area contributed by atoms with E-state index < -0.39 is 0 Å². The lowest BCUT2D eigenvalue weighted by atomic mass is 9.99. The lowest BCUT2D eigenvalue weighted by Crippen LogP contribution is -2.41. The summed E-state index contributed by atoms with van der Waals surface area (Å²) >= 11 is 5.88. The quantitative estimate of drug-likeness (QED) is 0.725. The van der Waals surface area contributed by atoms with E-state index in [2.05, 4.69) is 32.7 Å². The van der Waals surface area contributed by atoms with Gasteiger partial charge in [-0.1, -0.05) is 30.7 Å². The number of carbonyl (C=O) groups is 1. The van der Waals surface area contributed by atoms with Gasteiger partial charge >= 0.3 is 0 Å². The fourth-order valence-corrected chi connectivity index (χ4v) is 1.84. The Balaban J connectivity index is 2.57. The van der Waals surface area contributed by atoms with Crippen LogP contribution in [0, 0.1) is 0 Å². The molecule has 0 bridgehead atoms. The second kappa shape index (κ2) is 6.35. The lowest BCUT2D eigenvalue weighted by Gasteiger charge is -2.34. The molecule has 0 saturated carbocycles. The number of nitrogens with zero attached hydrogens (tertiary/aromatic N) is 1. The molecule has 0 fully saturated rings. The SMILES string of the molecule is CCC(C)(C)N(C)CCC(=O)c1cccc(Cl)c1. The summed E-state index contributed by atoms with van der Waals surface area (Å²) in [5.74, 6) is 0.149. The van der Waals surface area contributed by atoms with Crippen LogP contribution in [0.3, 0.4) is 0 Å². The molecular formula is C15H22ClNO. The highest BCUT2D eigenvalue weighted by Crippen LogP contribution is 2.17. The summed E-state index contributed by atoms with van der Waals surface area (Å²) in [6.45, 7) is 7.31. The van der Waals surface area contributed by atoms with E-state index in [0.717, 1.165) is 13.0 Å². The van der Waals surface area contributed by atoms with E-state index in [-0.39, 0.29) is 11.3 Å². The van der Waals surface area contributed by atoms with Gasteiger partial charge in [0.1, 0.15) is 0 Å². The van der Waals surface area contributed by atoms with Crippen LogP contribution in [0.25, 0.3) is 0 Å². The van der Waals surface area contributed by atoms with E-state index in [9.17, 15) is 4.79 Å². The smallest absolute Gasteiger partial charge is 0.164 e. The average molecular weight is 268 g/mol. The van der Waals surface area contributed by atoms with Crippen LogP contribution in [0.2, 0.25) is 5.02 Å². The number of halogens is 1. The van der Waals surface area contributed by atoms with Crippen molar-refractivity contribution < 1.29 is 4.79 Å². The molecule has 0 atom stereocenters. The van der Waals surface area contributed by atoms with Crippen molar-refractivity contribution in [3.8, 4) is 0 Å². The second-order valence-electron chi connectivity index (χ2n) is 5.27. The number of rotatable bonds is 6. The summed E-state index contributed by atoms with van der Waals surface area (Å²) < 4.78 is 0. The molecule has 0 heterocycles. The van der Waals surface area contributed by atoms with Crippen molar-refractivity contribution in [2.45, 2.75) is 39.2 Å². The summed E-state index contributed by atoms with van der Waals surface area (Å²) in [5.41, 5.74) is 0.833. The zero-order valence-corrected chi connectivity index (χ0v) is 12.4. The molecule has 0 aliphatic carbocycles. The van der Waals surface area contributed by atoms with E-state index in [1.165, 1.54) is 0 Å². The molecule has 0 unspecified atom stereocenters. The van der Waals surface area contributed by atoms with Crippen LogP contribution in [0.5, 0.6) is 0 Å². The molecule has 100 valence electrons. The van der Waals surface area contributed by atoms with Crippen molar-refractivity contribution in [2.75, 3.05) is 13.6 Å². The first-order valence-electron chi connectivity index (χ1n) is 6.37. The molecule has 1 aromatic carbocycles. The first-order chi connectivity index (χ1) is 8.36. The van der Waals surface area contributed by atoms with Gasteiger partial charge in [-0.15, -0.1) is 0 Å². The predicted octanol–water partition coefficient (Wildman–Crippen LogP) is 4.03. The minimum absolute atomic E-state index is 0.134. The minimum atomic E-state index is 0.134. The highest BCUT2D eigenvalue weighted by molar-refractivity contribution is 6.31. The maximum atomic E-state index is 12.0. The molecule has 0 saturated heterocycles. The van der Waals surface area contributed by atoms with Gasteiger partial charge in [-0.05, 0) is 39.4 Å². The zero-order chi connectivity index (χ0) is 13.8. The normalized spacial score (nSPS) is 11.9. The van der Waals surface area contributed by atoms with Gasteiger partial charge < -0.3 is 4.90 Å². The van der Waals surface area contributed by atoms with Gasteiger partial charge in [0.15, 0.2) is 5.78 Å². The van der Waals surface area contributed by atoms with E-state index in [0.29, 0.717) is 17.0 Å². The Morgan fingerprint density at radius 3 is 2.61 bits per heavy atom. The molecule has 0 N–H and O–H groups in total. The highest BCUT2D eigenvalue weighted by atomic mass is 35.5. The van der Waals surface area contributed by atoms with Crippen molar-refractivity contribution >= 4 is 17.4 Å². The van der Waals surface area contributed by atoms with Crippen LogP contribution in [-0.2, 0) is 0 Å². The summed E-state index contributed by atoms with van der Waals surface area (Å²) in [7, 11) is 2.06. The highest BCUT2D eigenvalue weighted by Gasteiger charge is 2.21. The van der Waals surface area contributed by atoms with Crippen molar-refractivity contribution in [1.82, 2.24) is 4.90 Å². The van der Waals surface area contributed by atoms with E-state index >= 15 is 0 Å². The minimum Gasteiger partial charge on any atom is -0.301 e. The number of ketones is 1. The molecule has 0 aliphatic heterocycles. The summed E-state index contributed by atoms with van der Waals surface area (Å²) in [4.78, 5) is 14.3. The van der Waals surface area contributed by atoms with Crippen LogP contribution in [0.1, 0.15) is 44.0 Å². The number of Topliss-reactive ketones (excluding diaryl/α,β-unsaturated/α-hetero) is 1. The predicted molar refractivity (Wildman–Crippen MR) is 77.4 cm³/mol. The topological polar surface area (TPSA) is 20.3 Å². The van der Waals surface area contributed by atoms with Gasteiger partial charge in [0, 0.05) is 29.1 Å². The average Bonchev–Trinajstić information content (AvgIpc) is 2.35. The van der Waals surface area contributed by atoms with Gasteiger partial charge in [0.25, 0.3) is 0 Å². The number of benzene rings is 1. The summed E-state index contributed by atoms with van der Waals surface area (Å²) in [6, 6.07) is 7.15. The molecule has 1 aromatic rings. The van der Waals surface area contributed by atoms with Crippen LogP contribution < -0.4 is 0 Å². The first kappa shape index (κ1) is 15.2. The molecule has 18 heavy (non-hydrogen) atoms. The fourth-order valence-electron chi connectivity index (χ4n) is 1.65. The molecule has 0 spiro atoms. The number of hydrogen-bond acceptors (Lipinski definition) is 2. The standard InChI is InChI=1S/C15H22ClNO/c1-5-15(2,3)17(4)10-9-14(18)12-7-6-8-13(16)11-12/h6-8,11H,5,9-10H2,1-4H3. The monoisotopic (exact) mass is 267 g/mol. The third kappa shape index (κ3) is 4.11. The van der Waals surface area contributed by atoms with Crippen LogP contribution in [0.15, 0.2) is 24.3 Å². The van der Waals surface area contributed by atoms with E-state index in [1.54, 1.807) is 12.1 Å². The lowest BCUT2D eigenvalue weighted by molar-refractivity contribution is 0.0929.